The van der Waals surface area contributed by atoms with Gasteiger partial charge in [0.1, 0.15) is 5.60 Å². The Kier molecular flexibility index (Phi) is 8.46. The Hall–Kier alpha value is -2.48. The van der Waals surface area contributed by atoms with Crippen molar-refractivity contribution in [3.63, 3.8) is 0 Å². The summed E-state index contributed by atoms with van der Waals surface area (Å²) < 4.78 is 21.9. The summed E-state index contributed by atoms with van der Waals surface area (Å²) >= 11 is 0. The van der Waals surface area contributed by atoms with Crippen molar-refractivity contribution < 1.29 is 28.5 Å². The van der Waals surface area contributed by atoms with E-state index in [2.05, 4.69) is 0 Å². The first-order chi connectivity index (χ1) is 15.7. The van der Waals surface area contributed by atoms with Crippen molar-refractivity contribution in [2.24, 2.45) is 0 Å². The molecule has 3 rings (SSSR count). The van der Waals surface area contributed by atoms with Crippen LogP contribution in [0, 0.1) is 0 Å². The third-order valence-electron chi connectivity index (χ3n) is 5.78. The highest BCUT2D eigenvalue weighted by Crippen LogP contribution is 2.35. The van der Waals surface area contributed by atoms with Crippen molar-refractivity contribution in [3.05, 3.63) is 23.8 Å². The lowest BCUT2D eigenvalue weighted by molar-refractivity contribution is 0.00957. The SMILES string of the molecule is COCCCOc1cc(C(=O)N(C2CC2)C2CCCN(C(=O)OC(C)(C)C)C2)ccc1OC. The highest BCUT2D eigenvalue weighted by molar-refractivity contribution is 5.95. The number of rotatable bonds is 9. The summed E-state index contributed by atoms with van der Waals surface area (Å²) in [5.41, 5.74) is 0.0255. The van der Waals surface area contributed by atoms with Gasteiger partial charge in [-0.05, 0) is 64.7 Å². The van der Waals surface area contributed by atoms with Crippen LogP contribution >= 0.6 is 0 Å². The van der Waals surface area contributed by atoms with Gasteiger partial charge in [-0.1, -0.05) is 0 Å². The number of carbonyl (C=O) groups excluding carboxylic acids is 2. The maximum atomic E-state index is 13.6. The number of ether oxygens (including phenoxy) is 4. The Bertz CT molecular complexity index is 818. The van der Waals surface area contributed by atoms with Crippen molar-refractivity contribution >= 4 is 12.0 Å². The first-order valence-corrected chi connectivity index (χ1v) is 11.8. The molecule has 1 heterocycles. The number of benzene rings is 1. The van der Waals surface area contributed by atoms with E-state index in [9.17, 15) is 9.59 Å². The van der Waals surface area contributed by atoms with E-state index >= 15 is 0 Å². The minimum atomic E-state index is -0.543. The highest BCUT2D eigenvalue weighted by Gasteiger charge is 2.40. The molecule has 1 aliphatic carbocycles. The van der Waals surface area contributed by atoms with Crippen LogP contribution < -0.4 is 9.47 Å². The second-order valence-corrected chi connectivity index (χ2v) is 9.73. The van der Waals surface area contributed by atoms with Gasteiger partial charge in [-0.2, -0.15) is 0 Å². The summed E-state index contributed by atoms with van der Waals surface area (Å²) in [6.45, 7) is 7.82. The Labute approximate surface area is 197 Å². The monoisotopic (exact) mass is 462 g/mol. The van der Waals surface area contributed by atoms with E-state index in [4.69, 9.17) is 18.9 Å². The van der Waals surface area contributed by atoms with Gasteiger partial charge in [0.15, 0.2) is 11.5 Å². The predicted molar refractivity (Wildman–Crippen MR) is 125 cm³/mol. The zero-order valence-corrected chi connectivity index (χ0v) is 20.6. The third kappa shape index (κ3) is 7.00. The Morgan fingerprint density at radius 2 is 1.82 bits per heavy atom. The van der Waals surface area contributed by atoms with E-state index in [1.54, 1.807) is 37.3 Å². The molecule has 1 saturated heterocycles. The molecule has 1 saturated carbocycles. The van der Waals surface area contributed by atoms with Gasteiger partial charge in [-0.3, -0.25) is 4.79 Å². The van der Waals surface area contributed by atoms with Gasteiger partial charge in [0, 0.05) is 44.8 Å². The van der Waals surface area contributed by atoms with E-state index in [0.717, 1.165) is 32.1 Å². The topological polar surface area (TPSA) is 77.5 Å². The Balaban J connectivity index is 1.74. The number of hydrogen-bond donors (Lipinski definition) is 0. The van der Waals surface area contributed by atoms with Crippen molar-refractivity contribution in [3.8, 4) is 11.5 Å². The highest BCUT2D eigenvalue weighted by atomic mass is 16.6. The van der Waals surface area contributed by atoms with Gasteiger partial charge in [-0.15, -0.1) is 0 Å². The molecule has 184 valence electrons. The lowest BCUT2D eigenvalue weighted by Gasteiger charge is -2.40. The molecule has 2 aliphatic rings. The van der Waals surface area contributed by atoms with Crippen molar-refractivity contribution in [2.45, 2.75) is 70.6 Å². The first kappa shape index (κ1) is 25.1. The van der Waals surface area contributed by atoms with E-state index in [0.29, 0.717) is 43.4 Å². The van der Waals surface area contributed by atoms with Crippen LogP contribution in [0.4, 0.5) is 4.79 Å². The smallest absolute Gasteiger partial charge is 0.410 e. The zero-order valence-electron chi connectivity index (χ0n) is 20.6. The largest absolute Gasteiger partial charge is 0.493 e. The van der Waals surface area contributed by atoms with Crippen LogP contribution in [-0.2, 0) is 9.47 Å². The van der Waals surface area contributed by atoms with Crippen LogP contribution in [0.25, 0.3) is 0 Å². The number of amides is 2. The molecule has 0 bridgehead atoms. The average molecular weight is 463 g/mol. The summed E-state index contributed by atoms with van der Waals surface area (Å²) in [5, 5.41) is 0. The lowest BCUT2D eigenvalue weighted by atomic mass is 10.0. The standard InChI is InChI=1S/C25H38N2O6/c1-25(2,3)33-24(29)26-13-6-8-20(17-26)27(19-10-11-19)23(28)18-9-12-21(31-5)22(16-18)32-15-7-14-30-4/h9,12,16,19-20H,6-8,10-11,13-15,17H2,1-5H3. The third-order valence-corrected chi connectivity index (χ3v) is 5.78. The minimum Gasteiger partial charge on any atom is -0.493 e. The van der Waals surface area contributed by atoms with Gasteiger partial charge < -0.3 is 28.7 Å². The summed E-state index contributed by atoms with van der Waals surface area (Å²) in [5.74, 6) is 1.11. The molecule has 1 aromatic rings. The maximum Gasteiger partial charge on any atom is 0.410 e. The average Bonchev–Trinajstić information content (AvgIpc) is 3.61. The van der Waals surface area contributed by atoms with Crippen LogP contribution in [0.15, 0.2) is 18.2 Å². The van der Waals surface area contributed by atoms with Crippen LogP contribution in [-0.4, -0.2) is 80.0 Å². The van der Waals surface area contributed by atoms with Crippen molar-refractivity contribution in [2.75, 3.05) is 40.5 Å². The second kappa shape index (κ2) is 11.1. The van der Waals surface area contributed by atoms with E-state index in [1.165, 1.54) is 0 Å². The molecule has 0 radical (unpaired) electrons. The van der Waals surface area contributed by atoms with Gasteiger partial charge in [0.25, 0.3) is 5.91 Å². The molecular weight excluding hydrogens is 424 g/mol. The molecule has 1 atom stereocenters. The Morgan fingerprint density at radius 1 is 1.06 bits per heavy atom. The number of carbonyl (C=O) groups is 2. The molecule has 1 unspecified atom stereocenters. The molecule has 1 aliphatic heterocycles. The molecule has 0 spiro atoms. The molecular formula is C25H38N2O6. The lowest BCUT2D eigenvalue weighted by Crippen LogP contribution is -2.53. The fourth-order valence-corrected chi connectivity index (χ4v) is 4.11. The number of hydrogen-bond acceptors (Lipinski definition) is 6. The van der Waals surface area contributed by atoms with Gasteiger partial charge in [0.05, 0.1) is 19.8 Å². The van der Waals surface area contributed by atoms with E-state index in [-0.39, 0.29) is 24.1 Å². The van der Waals surface area contributed by atoms with Crippen LogP contribution in [0.3, 0.4) is 0 Å². The van der Waals surface area contributed by atoms with Crippen LogP contribution in [0.1, 0.15) is 63.2 Å². The van der Waals surface area contributed by atoms with Gasteiger partial charge in [-0.25, -0.2) is 4.79 Å². The molecule has 2 fully saturated rings. The van der Waals surface area contributed by atoms with Crippen LogP contribution in [0.2, 0.25) is 0 Å². The molecule has 33 heavy (non-hydrogen) atoms. The fraction of sp³-hybridized carbons (Fsp3) is 0.680. The fourth-order valence-electron chi connectivity index (χ4n) is 4.11. The predicted octanol–water partition coefficient (Wildman–Crippen LogP) is 4.11. The molecule has 8 heteroatoms. The van der Waals surface area contributed by atoms with Crippen molar-refractivity contribution in [1.82, 2.24) is 9.80 Å². The quantitative estimate of drug-likeness (QED) is 0.514. The summed E-state index contributed by atoms with van der Waals surface area (Å²) in [6, 6.07) is 5.51. The first-order valence-electron chi connectivity index (χ1n) is 11.8. The number of piperidine rings is 1. The molecule has 0 aromatic heterocycles. The van der Waals surface area contributed by atoms with Crippen LogP contribution in [0.5, 0.6) is 11.5 Å². The van der Waals surface area contributed by atoms with Gasteiger partial charge >= 0.3 is 6.09 Å². The number of methoxy groups -OCH3 is 2. The van der Waals surface area contributed by atoms with Crippen molar-refractivity contribution in [1.29, 1.82) is 0 Å². The normalized spacial score (nSPS) is 18.6. The second-order valence-electron chi connectivity index (χ2n) is 9.73. The van der Waals surface area contributed by atoms with Gasteiger partial charge in [0.2, 0.25) is 0 Å². The molecule has 2 amide bonds. The summed E-state index contributed by atoms with van der Waals surface area (Å²) in [7, 11) is 3.24. The molecule has 1 aromatic carbocycles. The minimum absolute atomic E-state index is 0.0283. The summed E-state index contributed by atoms with van der Waals surface area (Å²) in [6.07, 6.45) is 4.13. The Morgan fingerprint density at radius 3 is 2.45 bits per heavy atom. The number of nitrogens with zero attached hydrogens (tertiary/aromatic N) is 2. The van der Waals surface area contributed by atoms with E-state index < -0.39 is 5.60 Å². The summed E-state index contributed by atoms with van der Waals surface area (Å²) in [4.78, 5) is 30.0. The maximum absolute atomic E-state index is 13.6. The molecule has 8 nitrogen and oxygen atoms in total. The van der Waals surface area contributed by atoms with E-state index in [1.807, 2.05) is 25.7 Å². The molecule has 0 N–H and O–H groups in total. The zero-order chi connectivity index (χ0) is 24.0. The number of likely N-dealkylation sites (tertiary alicyclic amines) is 1.